The molecular formula is C10H16N2S2. The van der Waals surface area contributed by atoms with Crippen molar-refractivity contribution < 1.29 is 0 Å². The molecule has 2 nitrogen and oxygen atoms in total. The fourth-order valence-corrected chi connectivity index (χ4v) is 3.06. The molecule has 4 heteroatoms. The summed E-state index contributed by atoms with van der Waals surface area (Å²) >= 11 is 6.04. The first-order valence-electron chi connectivity index (χ1n) is 5.13. The van der Waals surface area contributed by atoms with Gasteiger partial charge in [0.25, 0.3) is 0 Å². The largest absolute Gasteiger partial charge is 0.345 e. The summed E-state index contributed by atoms with van der Waals surface area (Å²) in [4.78, 5) is 8.15. The Kier molecular flexibility index (Phi) is 3.34. The standard InChI is InChI=1S/C10H16N2S2/c1-8-4-2-3-5-12(8)10-11-6-9(7-13)14-10/h6,8,13H,2-5,7H2,1H3. The number of rotatable bonds is 2. The number of thiol groups is 1. The van der Waals surface area contributed by atoms with Crippen molar-refractivity contribution in [3.8, 4) is 0 Å². The quantitative estimate of drug-likeness (QED) is 0.783. The van der Waals surface area contributed by atoms with E-state index in [0.29, 0.717) is 6.04 Å². The van der Waals surface area contributed by atoms with E-state index in [0.717, 1.165) is 5.75 Å². The smallest absolute Gasteiger partial charge is 0.185 e. The van der Waals surface area contributed by atoms with Gasteiger partial charge in [0.05, 0.1) is 0 Å². The van der Waals surface area contributed by atoms with E-state index in [-0.39, 0.29) is 0 Å². The summed E-state index contributed by atoms with van der Waals surface area (Å²) in [6.45, 7) is 3.46. The molecule has 1 saturated heterocycles. The molecule has 14 heavy (non-hydrogen) atoms. The number of hydrogen-bond acceptors (Lipinski definition) is 4. The SMILES string of the molecule is CC1CCCCN1c1ncc(CS)s1. The Labute approximate surface area is 94.8 Å². The molecule has 0 saturated carbocycles. The van der Waals surface area contributed by atoms with Crippen LogP contribution in [0, 0.1) is 0 Å². The zero-order valence-corrected chi connectivity index (χ0v) is 10.2. The van der Waals surface area contributed by atoms with Crippen molar-refractivity contribution in [2.24, 2.45) is 0 Å². The maximum absolute atomic E-state index is 4.46. The van der Waals surface area contributed by atoms with Gasteiger partial charge in [0, 0.05) is 29.4 Å². The Bertz CT molecular complexity index is 298. The molecule has 0 N–H and O–H groups in total. The number of piperidine rings is 1. The van der Waals surface area contributed by atoms with E-state index < -0.39 is 0 Å². The topological polar surface area (TPSA) is 16.1 Å². The minimum atomic E-state index is 0.655. The second-order valence-corrected chi connectivity index (χ2v) is 5.22. The third-order valence-corrected chi connectivity index (χ3v) is 4.33. The summed E-state index contributed by atoms with van der Waals surface area (Å²) < 4.78 is 0. The predicted molar refractivity (Wildman–Crippen MR) is 65.5 cm³/mol. The second-order valence-electron chi connectivity index (χ2n) is 3.81. The molecule has 1 atom stereocenters. The maximum atomic E-state index is 4.46. The monoisotopic (exact) mass is 228 g/mol. The van der Waals surface area contributed by atoms with Gasteiger partial charge in [-0.25, -0.2) is 4.98 Å². The van der Waals surface area contributed by atoms with Crippen LogP contribution in [0.4, 0.5) is 5.13 Å². The van der Waals surface area contributed by atoms with Gasteiger partial charge in [-0.1, -0.05) is 0 Å². The van der Waals surface area contributed by atoms with Crippen LogP contribution in [0.2, 0.25) is 0 Å². The van der Waals surface area contributed by atoms with Gasteiger partial charge in [-0.3, -0.25) is 0 Å². The molecule has 2 rings (SSSR count). The fraction of sp³-hybridized carbons (Fsp3) is 0.700. The number of hydrogen-bond donors (Lipinski definition) is 1. The fourth-order valence-electron chi connectivity index (χ4n) is 1.89. The lowest BCUT2D eigenvalue weighted by atomic mass is 10.1. The van der Waals surface area contributed by atoms with Crippen molar-refractivity contribution in [3.63, 3.8) is 0 Å². The summed E-state index contributed by atoms with van der Waals surface area (Å²) in [5.41, 5.74) is 0. The normalized spacial score (nSPS) is 22.7. The zero-order chi connectivity index (χ0) is 9.97. The number of nitrogens with zero attached hydrogens (tertiary/aromatic N) is 2. The van der Waals surface area contributed by atoms with Gasteiger partial charge in [0.15, 0.2) is 5.13 Å². The molecule has 1 aliphatic rings. The predicted octanol–water partition coefficient (Wildman–Crippen LogP) is 2.95. The third kappa shape index (κ3) is 2.06. The molecule has 0 amide bonds. The van der Waals surface area contributed by atoms with Crippen molar-refractivity contribution in [1.82, 2.24) is 4.98 Å². The van der Waals surface area contributed by atoms with Crippen molar-refractivity contribution in [1.29, 1.82) is 0 Å². The highest BCUT2D eigenvalue weighted by Crippen LogP contribution is 2.29. The van der Waals surface area contributed by atoms with E-state index in [2.05, 4.69) is 29.4 Å². The van der Waals surface area contributed by atoms with Gasteiger partial charge in [-0.05, 0) is 26.2 Å². The highest BCUT2D eigenvalue weighted by atomic mass is 32.1. The lowest BCUT2D eigenvalue weighted by molar-refractivity contribution is 0.484. The Hall–Kier alpha value is -0.220. The van der Waals surface area contributed by atoms with E-state index in [9.17, 15) is 0 Å². The summed E-state index contributed by atoms with van der Waals surface area (Å²) in [5.74, 6) is 0.805. The molecule has 1 aromatic rings. The van der Waals surface area contributed by atoms with Crippen LogP contribution in [0.1, 0.15) is 31.1 Å². The van der Waals surface area contributed by atoms with Crippen molar-refractivity contribution in [3.05, 3.63) is 11.1 Å². The molecule has 0 aliphatic carbocycles. The van der Waals surface area contributed by atoms with Crippen LogP contribution < -0.4 is 4.90 Å². The number of anilines is 1. The zero-order valence-electron chi connectivity index (χ0n) is 8.44. The molecule has 0 aromatic carbocycles. The van der Waals surface area contributed by atoms with Gasteiger partial charge in [0.1, 0.15) is 0 Å². The highest BCUT2D eigenvalue weighted by Gasteiger charge is 2.20. The second kappa shape index (κ2) is 4.53. The summed E-state index contributed by atoms with van der Waals surface area (Å²) in [7, 11) is 0. The summed E-state index contributed by atoms with van der Waals surface area (Å²) in [6, 6.07) is 0.655. The Balaban J connectivity index is 2.12. The van der Waals surface area contributed by atoms with Crippen LogP contribution >= 0.6 is 24.0 Å². The van der Waals surface area contributed by atoms with Crippen molar-refractivity contribution >= 4 is 29.1 Å². The molecule has 1 aromatic heterocycles. The van der Waals surface area contributed by atoms with E-state index in [1.54, 1.807) is 11.3 Å². The van der Waals surface area contributed by atoms with Gasteiger partial charge in [0.2, 0.25) is 0 Å². The van der Waals surface area contributed by atoms with Gasteiger partial charge in [-0.2, -0.15) is 12.6 Å². The van der Waals surface area contributed by atoms with Crippen molar-refractivity contribution in [2.75, 3.05) is 11.4 Å². The average molecular weight is 228 g/mol. The number of thiazole rings is 1. The summed E-state index contributed by atoms with van der Waals surface area (Å²) in [6.07, 6.45) is 5.92. The first-order valence-corrected chi connectivity index (χ1v) is 6.58. The molecule has 0 spiro atoms. The molecule has 0 radical (unpaired) electrons. The highest BCUT2D eigenvalue weighted by molar-refractivity contribution is 7.79. The molecule has 1 unspecified atom stereocenters. The summed E-state index contributed by atoms with van der Waals surface area (Å²) in [5, 5.41) is 1.18. The Morgan fingerprint density at radius 2 is 2.50 bits per heavy atom. The maximum Gasteiger partial charge on any atom is 0.185 e. The van der Waals surface area contributed by atoms with E-state index in [4.69, 9.17) is 0 Å². The van der Waals surface area contributed by atoms with Crippen LogP contribution in [0.5, 0.6) is 0 Å². The molecule has 2 heterocycles. The lowest BCUT2D eigenvalue weighted by Gasteiger charge is -2.33. The first kappa shape index (κ1) is 10.3. The van der Waals surface area contributed by atoms with E-state index in [1.165, 1.54) is 35.8 Å². The first-order chi connectivity index (χ1) is 6.81. The molecule has 78 valence electrons. The van der Waals surface area contributed by atoms with Crippen molar-refractivity contribution in [2.45, 2.75) is 38.0 Å². The molecule has 1 aliphatic heterocycles. The van der Waals surface area contributed by atoms with Crippen LogP contribution in [0.3, 0.4) is 0 Å². The Morgan fingerprint density at radius 3 is 3.14 bits per heavy atom. The Morgan fingerprint density at radius 1 is 1.64 bits per heavy atom. The average Bonchev–Trinajstić information content (AvgIpc) is 2.67. The van der Waals surface area contributed by atoms with Gasteiger partial charge < -0.3 is 4.90 Å². The molecule has 1 fully saturated rings. The minimum absolute atomic E-state index is 0.655. The van der Waals surface area contributed by atoms with Gasteiger partial charge in [-0.15, -0.1) is 11.3 Å². The van der Waals surface area contributed by atoms with E-state index >= 15 is 0 Å². The van der Waals surface area contributed by atoms with Gasteiger partial charge >= 0.3 is 0 Å². The minimum Gasteiger partial charge on any atom is -0.345 e. The molecular weight excluding hydrogens is 212 g/mol. The van der Waals surface area contributed by atoms with E-state index in [1.807, 2.05) is 6.20 Å². The van der Waals surface area contributed by atoms with Crippen LogP contribution in [-0.2, 0) is 5.75 Å². The van der Waals surface area contributed by atoms with Crippen LogP contribution in [0.25, 0.3) is 0 Å². The number of aromatic nitrogens is 1. The van der Waals surface area contributed by atoms with Crippen LogP contribution in [-0.4, -0.2) is 17.6 Å². The molecule has 0 bridgehead atoms. The van der Waals surface area contributed by atoms with Crippen LogP contribution in [0.15, 0.2) is 6.20 Å². The lowest BCUT2D eigenvalue weighted by Crippen LogP contribution is -2.37. The third-order valence-electron chi connectivity index (χ3n) is 2.75.